The summed E-state index contributed by atoms with van der Waals surface area (Å²) < 4.78 is 0.260. The van der Waals surface area contributed by atoms with E-state index in [-0.39, 0.29) is 16.3 Å². The first-order valence-corrected chi connectivity index (χ1v) is 5.05. The second-order valence-corrected chi connectivity index (χ2v) is 3.80. The molecule has 0 radical (unpaired) electrons. The van der Waals surface area contributed by atoms with Crippen molar-refractivity contribution in [2.45, 2.75) is 0 Å². The highest BCUT2D eigenvalue weighted by atomic mass is 79.9. The summed E-state index contributed by atoms with van der Waals surface area (Å²) in [7, 11) is 0. The molecule has 0 atom stereocenters. The average molecular weight is 267 g/mol. The van der Waals surface area contributed by atoms with Gasteiger partial charge in [-0.25, -0.2) is 0 Å². The Morgan fingerprint density at radius 1 is 1.13 bits per heavy atom. The van der Waals surface area contributed by atoms with Crippen molar-refractivity contribution in [1.82, 2.24) is 5.01 Å². The highest BCUT2D eigenvalue weighted by Gasteiger charge is 2.29. The summed E-state index contributed by atoms with van der Waals surface area (Å²) in [4.78, 5) is 22.8. The van der Waals surface area contributed by atoms with Gasteiger partial charge in [-0.15, -0.1) is 0 Å². The molecular weight excluding hydrogens is 260 g/mol. The number of hydrogen-bond acceptors (Lipinski definition) is 3. The number of halogens is 1. The summed E-state index contributed by atoms with van der Waals surface area (Å²) in [5.74, 6) is -0.764. The number of amides is 2. The predicted molar refractivity (Wildman–Crippen MR) is 58.9 cm³/mol. The molecule has 1 heterocycles. The van der Waals surface area contributed by atoms with Crippen LogP contribution < -0.4 is 5.43 Å². The zero-order valence-corrected chi connectivity index (χ0v) is 9.19. The lowest BCUT2D eigenvalue weighted by molar-refractivity contribution is -0.135. The second-order valence-electron chi connectivity index (χ2n) is 2.95. The van der Waals surface area contributed by atoms with E-state index in [9.17, 15) is 9.59 Å². The number of imide groups is 1. The molecule has 0 aromatic heterocycles. The van der Waals surface area contributed by atoms with E-state index >= 15 is 0 Å². The fourth-order valence-corrected chi connectivity index (χ4v) is 1.56. The Hall–Kier alpha value is -1.62. The van der Waals surface area contributed by atoms with Crippen LogP contribution in [-0.4, -0.2) is 16.8 Å². The summed E-state index contributed by atoms with van der Waals surface area (Å²) in [6.45, 7) is 0. The predicted octanol–water partition coefficient (Wildman–Crippen LogP) is 1.66. The van der Waals surface area contributed by atoms with Crippen LogP contribution >= 0.6 is 15.9 Å². The van der Waals surface area contributed by atoms with Crippen molar-refractivity contribution >= 4 is 33.4 Å². The standard InChI is InChI=1S/C10H7BrN2O2/c11-8-6-9(14)13(10(8)15)12-7-4-2-1-3-5-7/h1-6,12H. The van der Waals surface area contributed by atoms with Crippen molar-refractivity contribution in [2.75, 3.05) is 5.43 Å². The maximum atomic E-state index is 11.4. The van der Waals surface area contributed by atoms with Gasteiger partial charge in [0.05, 0.1) is 10.2 Å². The van der Waals surface area contributed by atoms with Crippen LogP contribution in [0.25, 0.3) is 0 Å². The van der Waals surface area contributed by atoms with Crippen LogP contribution in [0.2, 0.25) is 0 Å². The molecule has 0 spiro atoms. The Bertz CT molecular complexity index is 442. The molecule has 1 aromatic carbocycles. The smallest absolute Gasteiger partial charge is 0.286 e. The van der Waals surface area contributed by atoms with Gasteiger partial charge >= 0.3 is 0 Å². The Kier molecular flexibility index (Phi) is 2.55. The van der Waals surface area contributed by atoms with E-state index in [0.29, 0.717) is 5.69 Å². The van der Waals surface area contributed by atoms with Crippen LogP contribution in [0.5, 0.6) is 0 Å². The number of carbonyl (C=O) groups is 2. The zero-order valence-electron chi connectivity index (χ0n) is 7.61. The van der Waals surface area contributed by atoms with E-state index < -0.39 is 0 Å². The molecule has 0 aliphatic carbocycles. The van der Waals surface area contributed by atoms with Crippen LogP contribution in [0, 0.1) is 0 Å². The van der Waals surface area contributed by atoms with E-state index in [2.05, 4.69) is 21.4 Å². The van der Waals surface area contributed by atoms with Crippen LogP contribution in [0.15, 0.2) is 40.9 Å². The van der Waals surface area contributed by atoms with Gasteiger partial charge in [-0.1, -0.05) is 18.2 Å². The first kappa shape index (κ1) is 9.92. The van der Waals surface area contributed by atoms with Crippen molar-refractivity contribution in [1.29, 1.82) is 0 Å². The number of anilines is 1. The fourth-order valence-electron chi connectivity index (χ4n) is 1.19. The summed E-state index contributed by atoms with van der Waals surface area (Å²) in [6.07, 6.45) is 1.23. The largest absolute Gasteiger partial charge is 0.288 e. The van der Waals surface area contributed by atoms with Gasteiger partial charge in [0.1, 0.15) is 0 Å². The first-order valence-electron chi connectivity index (χ1n) is 4.26. The lowest BCUT2D eigenvalue weighted by Gasteiger charge is -2.16. The SMILES string of the molecule is O=C1C=C(Br)C(=O)N1Nc1ccccc1. The summed E-state index contributed by atoms with van der Waals surface area (Å²) in [5.41, 5.74) is 3.41. The molecule has 0 unspecified atom stereocenters. The molecule has 0 saturated carbocycles. The third-order valence-corrected chi connectivity index (χ3v) is 2.46. The Balaban J connectivity index is 2.15. The van der Waals surface area contributed by atoms with Crippen molar-refractivity contribution < 1.29 is 9.59 Å². The molecule has 1 N–H and O–H groups in total. The van der Waals surface area contributed by atoms with Crippen molar-refractivity contribution in [3.63, 3.8) is 0 Å². The molecular formula is C10H7BrN2O2. The average Bonchev–Trinajstić information content (AvgIpc) is 2.47. The van der Waals surface area contributed by atoms with Crippen LogP contribution in [0.3, 0.4) is 0 Å². The van der Waals surface area contributed by atoms with Gasteiger partial charge in [-0.05, 0) is 28.1 Å². The van der Waals surface area contributed by atoms with E-state index in [0.717, 1.165) is 5.01 Å². The number of nitrogens with one attached hydrogen (secondary N) is 1. The minimum atomic E-state index is -0.385. The zero-order chi connectivity index (χ0) is 10.8. The third kappa shape index (κ3) is 1.92. The number of hydrogen-bond donors (Lipinski definition) is 1. The Morgan fingerprint density at radius 2 is 1.80 bits per heavy atom. The molecule has 0 fully saturated rings. The number of rotatable bonds is 2. The van der Waals surface area contributed by atoms with Crippen LogP contribution in [0.1, 0.15) is 0 Å². The second kappa shape index (κ2) is 3.86. The highest BCUT2D eigenvalue weighted by Crippen LogP contribution is 2.19. The molecule has 76 valence electrons. The Morgan fingerprint density at radius 3 is 2.33 bits per heavy atom. The molecule has 0 saturated heterocycles. The molecule has 5 heteroatoms. The van der Waals surface area contributed by atoms with E-state index in [1.807, 2.05) is 18.2 Å². The quantitative estimate of drug-likeness (QED) is 0.829. The van der Waals surface area contributed by atoms with Gasteiger partial charge < -0.3 is 0 Å². The molecule has 4 nitrogen and oxygen atoms in total. The van der Waals surface area contributed by atoms with E-state index in [4.69, 9.17) is 0 Å². The molecule has 1 aliphatic rings. The van der Waals surface area contributed by atoms with Gasteiger partial charge in [0, 0.05) is 6.08 Å². The number of hydrazine groups is 1. The van der Waals surface area contributed by atoms with Gasteiger partial charge in [0.25, 0.3) is 11.8 Å². The molecule has 1 aliphatic heterocycles. The molecule has 0 bridgehead atoms. The number of benzene rings is 1. The normalized spacial score (nSPS) is 15.5. The number of para-hydroxylation sites is 1. The number of carbonyl (C=O) groups excluding carboxylic acids is 2. The fraction of sp³-hybridized carbons (Fsp3) is 0. The van der Waals surface area contributed by atoms with Gasteiger partial charge in [0.2, 0.25) is 0 Å². The molecule has 2 rings (SSSR count). The third-order valence-electron chi connectivity index (χ3n) is 1.89. The van der Waals surface area contributed by atoms with Crippen molar-refractivity contribution in [2.24, 2.45) is 0 Å². The minimum absolute atomic E-state index is 0.260. The summed E-state index contributed by atoms with van der Waals surface area (Å²) >= 11 is 3.01. The summed E-state index contributed by atoms with van der Waals surface area (Å²) in [5, 5.41) is 0.958. The van der Waals surface area contributed by atoms with Crippen molar-refractivity contribution in [3.8, 4) is 0 Å². The monoisotopic (exact) mass is 266 g/mol. The molecule has 15 heavy (non-hydrogen) atoms. The summed E-state index contributed by atoms with van der Waals surface area (Å²) in [6, 6.07) is 9.03. The van der Waals surface area contributed by atoms with Crippen LogP contribution in [0.4, 0.5) is 5.69 Å². The Labute approximate surface area is 94.7 Å². The highest BCUT2D eigenvalue weighted by molar-refractivity contribution is 9.12. The lowest BCUT2D eigenvalue weighted by Crippen LogP contribution is -2.35. The maximum absolute atomic E-state index is 11.4. The van der Waals surface area contributed by atoms with E-state index in [1.54, 1.807) is 12.1 Å². The minimum Gasteiger partial charge on any atom is -0.288 e. The molecule has 1 aromatic rings. The van der Waals surface area contributed by atoms with Crippen molar-refractivity contribution in [3.05, 3.63) is 40.9 Å². The van der Waals surface area contributed by atoms with Gasteiger partial charge in [-0.3, -0.25) is 15.0 Å². The van der Waals surface area contributed by atoms with E-state index in [1.165, 1.54) is 6.08 Å². The topological polar surface area (TPSA) is 49.4 Å². The van der Waals surface area contributed by atoms with Crippen LogP contribution in [-0.2, 0) is 9.59 Å². The maximum Gasteiger partial charge on any atom is 0.286 e. The molecule has 2 amide bonds. The van der Waals surface area contributed by atoms with Gasteiger partial charge in [-0.2, -0.15) is 5.01 Å². The lowest BCUT2D eigenvalue weighted by atomic mass is 10.3. The first-order chi connectivity index (χ1) is 7.18. The number of nitrogens with zero attached hydrogens (tertiary/aromatic N) is 1. The van der Waals surface area contributed by atoms with Gasteiger partial charge in [0.15, 0.2) is 0 Å².